The number of rotatable bonds is 4. The highest BCUT2D eigenvalue weighted by Gasteiger charge is 2.18. The summed E-state index contributed by atoms with van der Waals surface area (Å²) in [4.78, 5) is 23.2. The van der Waals surface area contributed by atoms with Gasteiger partial charge in [0.1, 0.15) is 0 Å². The lowest BCUT2D eigenvalue weighted by molar-refractivity contribution is 0.101. The van der Waals surface area contributed by atoms with Gasteiger partial charge in [0.25, 0.3) is 0 Å². The van der Waals surface area contributed by atoms with E-state index < -0.39 is 0 Å². The van der Waals surface area contributed by atoms with E-state index in [1.807, 2.05) is 0 Å². The summed E-state index contributed by atoms with van der Waals surface area (Å²) in [6, 6.07) is 6.80. The molecule has 1 fully saturated rings. The highest BCUT2D eigenvalue weighted by molar-refractivity contribution is 5.96. The van der Waals surface area contributed by atoms with Gasteiger partial charge in [0.15, 0.2) is 5.78 Å². The van der Waals surface area contributed by atoms with Crippen LogP contribution in [0.15, 0.2) is 24.3 Å². The van der Waals surface area contributed by atoms with Crippen molar-refractivity contribution in [3.63, 3.8) is 0 Å². The Morgan fingerprint density at radius 1 is 1.19 bits per heavy atom. The Balaban J connectivity index is 1.79. The fraction of sp³-hybridized carbons (Fsp3) is 0.529. The molecule has 0 radical (unpaired) electrons. The molecule has 0 aliphatic heterocycles. The Kier molecular flexibility index (Phi) is 5.37. The third-order valence-corrected chi connectivity index (χ3v) is 4.21. The molecule has 1 aliphatic rings. The fourth-order valence-corrected chi connectivity index (χ4v) is 2.76. The molecular formula is C17H24N2O2. The summed E-state index contributed by atoms with van der Waals surface area (Å²) >= 11 is 0. The number of amides is 2. The van der Waals surface area contributed by atoms with E-state index in [1.54, 1.807) is 24.3 Å². The normalized spacial score (nSPS) is 21.6. The summed E-state index contributed by atoms with van der Waals surface area (Å²) in [5.74, 6) is 1.41. The zero-order valence-corrected chi connectivity index (χ0v) is 12.8. The third-order valence-electron chi connectivity index (χ3n) is 4.21. The minimum Gasteiger partial charge on any atom is -0.338 e. The van der Waals surface area contributed by atoms with Crippen molar-refractivity contribution in [2.75, 3.05) is 11.9 Å². The largest absolute Gasteiger partial charge is 0.338 e. The van der Waals surface area contributed by atoms with Crippen LogP contribution in [0.25, 0.3) is 0 Å². The van der Waals surface area contributed by atoms with Crippen LogP contribution < -0.4 is 10.6 Å². The highest BCUT2D eigenvalue weighted by Crippen LogP contribution is 2.27. The number of anilines is 1. The quantitative estimate of drug-likeness (QED) is 0.827. The molecule has 1 aromatic rings. The summed E-state index contributed by atoms with van der Waals surface area (Å²) < 4.78 is 0. The standard InChI is InChI=1S/C17H24N2O2/c1-12-6-8-14(9-7-12)11-18-17(21)19-16-5-3-4-15(10-16)13(2)20/h3-5,10,12,14H,6-9,11H2,1-2H3,(H2,18,19,21). The molecule has 1 saturated carbocycles. The summed E-state index contributed by atoms with van der Waals surface area (Å²) in [5.41, 5.74) is 1.26. The summed E-state index contributed by atoms with van der Waals surface area (Å²) in [5, 5.41) is 5.71. The minimum absolute atomic E-state index is 0.00427. The Hall–Kier alpha value is -1.84. The van der Waals surface area contributed by atoms with Crippen molar-refractivity contribution in [2.45, 2.75) is 39.5 Å². The van der Waals surface area contributed by atoms with E-state index in [9.17, 15) is 9.59 Å². The van der Waals surface area contributed by atoms with Gasteiger partial charge >= 0.3 is 6.03 Å². The van der Waals surface area contributed by atoms with Crippen molar-refractivity contribution in [1.82, 2.24) is 5.32 Å². The van der Waals surface area contributed by atoms with Crippen LogP contribution >= 0.6 is 0 Å². The summed E-state index contributed by atoms with van der Waals surface area (Å²) in [6.07, 6.45) is 4.91. The van der Waals surface area contributed by atoms with E-state index in [1.165, 1.54) is 32.6 Å². The first-order chi connectivity index (χ1) is 10.0. The van der Waals surface area contributed by atoms with Crippen LogP contribution in [-0.4, -0.2) is 18.4 Å². The molecule has 0 heterocycles. The lowest BCUT2D eigenvalue weighted by Gasteiger charge is -2.26. The topological polar surface area (TPSA) is 58.2 Å². The predicted molar refractivity (Wildman–Crippen MR) is 84.6 cm³/mol. The number of urea groups is 1. The first kappa shape index (κ1) is 15.5. The summed E-state index contributed by atoms with van der Waals surface area (Å²) in [7, 11) is 0. The van der Waals surface area contributed by atoms with Gasteiger partial charge in [-0.1, -0.05) is 31.9 Å². The molecule has 0 spiro atoms. The van der Waals surface area contributed by atoms with Crippen molar-refractivity contribution < 1.29 is 9.59 Å². The zero-order chi connectivity index (χ0) is 15.2. The van der Waals surface area contributed by atoms with Gasteiger partial charge in [-0.2, -0.15) is 0 Å². The van der Waals surface area contributed by atoms with Gasteiger partial charge in [-0.05, 0) is 43.7 Å². The molecule has 0 saturated heterocycles. The maximum Gasteiger partial charge on any atom is 0.319 e. The van der Waals surface area contributed by atoms with Crippen LogP contribution in [0.1, 0.15) is 49.9 Å². The highest BCUT2D eigenvalue weighted by atomic mass is 16.2. The molecule has 0 bridgehead atoms. The fourth-order valence-electron chi connectivity index (χ4n) is 2.76. The van der Waals surface area contributed by atoms with Crippen LogP contribution in [0.5, 0.6) is 0 Å². The molecule has 114 valence electrons. The first-order valence-electron chi connectivity index (χ1n) is 7.70. The molecule has 2 rings (SSSR count). The molecule has 0 aromatic heterocycles. The molecule has 2 amide bonds. The second-order valence-corrected chi connectivity index (χ2v) is 6.10. The van der Waals surface area contributed by atoms with E-state index in [0.717, 1.165) is 12.5 Å². The molecule has 1 aromatic carbocycles. The van der Waals surface area contributed by atoms with Gasteiger partial charge in [0, 0.05) is 17.8 Å². The number of hydrogen-bond donors (Lipinski definition) is 2. The molecule has 0 atom stereocenters. The second kappa shape index (κ2) is 7.25. The number of benzene rings is 1. The smallest absolute Gasteiger partial charge is 0.319 e. The Morgan fingerprint density at radius 3 is 2.57 bits per heavy atom. The van der Waals surface area contributed by atoms with Gasteiger partial charge in [-0.15, -0.1) is 0 Å². The van der Waals surface area contributed by atoms with Crippen LogP contribution in [0.2, 0.25) is 0 Å². The number of carbonyl (C=O) groups is 2. The van der Waals surface area contributed by atoms with Crippen molar-refractivity contribution in [3.8, 4) is 0 Å². The molecule has 0 unspecified atom stereocenters. The predicted octanol–water partition coefficient (Wildman–Crippen LogP) is 3.84. The van der Waals surface area contributed by atoms with E-state index in [4.69, 9.17) is 0 Å². The zero-order valence-electron chi connectivity index (χ0n) is 12.8. The van der Waals surface area contributed by atoms with Gasteiger partial charge in [0.2, 0.25) is 0 Å². The maximum absolute atomic E-state index is 11.9. The number of nitrogens with one attached hydrogen (secondary N) is 2. The molecule has 4 heteroatoms. The number of ketones is 1. The van der Waals surface area contributed by atoms with Crippen molar-refractivity contribution in [3.05, 3.63) is 29.8 Å². The lowest BCUT2D eigenvalue weighted by atomic mass is 9.83. The van der Waals surface area contributed by atoms with Crippen LogP contribution in [0.3, 0.4) is 0 Å². The van der Waals surface area contributed by atoms with Crippen LogP contribution in [-0.2, 0) is 0 Å². The SMILES string of the molecule is CC(=O)c1cccc(NC(=O)NCC2CCC(C)CC2)c1. The molecule has 21 heavy (non-hydrogen) atoms. The first-order valence-corrected chi connectivity index (χ1v) is 7.70. The molecule has 1 aliphatic carbocycles. The van der Waals surface area contributed by atoms with Gasteiger partial charge in [-0.25, -0.2) is 4.79 Å². The number of hydrogen-bond acceptors (Lipinski definition) is 2. The monoisotopic (exact) mass is 288 g/mol. The minimum atomic E-state index is -0.200. The van der Waals surface area contributed by atoms with Crippen LogP contribution in [0.4, 0.5) is 10.5 Å². The Bertz CT molecular complexity index is 505. The Labute approximate surface area is 126 Å². The van der Waals surface area contributed by atoms with Gasteiger partial charge in [0.05, 0.1) is 0 Å². The average Bonchev–Trinajstić information content (AvgIpc) is 2.47. The second-order valence-electron chi connectivity index (χ2n) is 6.10. The van der Waals surface area contributed by atoms with E-state index >= 15 is 0 Å². The lowest BCUT2D eigenvalue weighted by Crippen LogP contribution is -2.34. The van der Waals surface area contributed by atoms with Crippen LogP contribution in [0, 0.1) is 11.8 Å². The average molecular weight is 288 g/mol. The maximum atomic E-state index is 11.9. The van der Waals surface area contributed by atoms with Crippen molar-refractivity contribution in [1.29, 1.82) is 0 Å². The number of carbonyl (C=O) groups excluding carboxylic acids is 2. The van der Waals surface area contributed by atoms with E-state index in [2.05, 4.69) is 17.6 Å². The summed E-state index contributed by atoms with van der Waals surface area (Å²) in [6.45, 7) is 4.53. The molecular weight excluding hydrogens is 264 g/mol. The van der Waals surface area contributed by atoms with Crippen molar-refractivity contribution in [2.24, 2.45) is 11.8 Å². The molecule has 2 N–H and O–H groups in total. The third kappa shape index (κ3) is 4.88. The number of Topliss-reactive ketones (excluding diaryl/α,β-unsaturated/α-hetero) is 1. The van der Waals surface area contributed by atoms with E-state index in [-0.39, 0.29) is 11.8 Å². The Morgan fingerprint density at radius 2 is 1.90 bits per heavy atom. The van der Waals surface area contributed by atoms with Gasteiger partial charge in [-0.3, -0.25) is 4.79 Å². The van der Waals surface area contributed by atoms with Crippen molar-refractivity contribution >= 4 is 17.5 Å². The van der Waals surface area contributed by atoms with Gasteiger partial charge < -0.3 is 10.6 Å². The van der Waals surface area contributed by atoms with E-state index in [0.29, 0.717) is 17.2 Å². The molecule has 4 nitrogen and oxygen atoms in total.